The van der Waals surface area contributed by atoms with Crippen LogP contribution in [0.2, 0.25) is 5.02 Å². The van der Waals surface area contributed by atoms with Crippen LogP contribution in [0, 0.1) is 6.92 Å². The van der Waals surface area contributed by atoms with Gasteiger partial charge < -0.3 is 15.1 Å². The van der Waals surface area contributed by atoms with E-state index in [0.717, 1.165) is 6.07 Å². The average Bonchev–Trinajstić information content (AvgIpc) is 3.26. The van der Waals surface area contributed by atoms with E-state index < -0.39 is 58.5 Å². The van der Waals surface area contributed by atoms with Crippen molar-refractivity contribution < 1.29 is 45.2 Å². The molecule has 1 fully saturated rings. The lowest BCUT2D eigenvalue weighted by Gasteiger charge is -2.34. The summed E-state index contributed by atoms with van der Waals surface area (Å²) in [4.78, 5) is 30.5. The molecule has 204 valence electrons. The molecular formula is C24H19ClF7N3O3. The maximum Gasteiger partial charge on any atom is 0.435 e. The molecule has 38 heavy (non-hydrogen) atoms. The lowest BCUT2D eigenvalue weighted by molar-refractivity contribution is -0.276. The number of rotatable bonds is 5. The number of likely N-dealkylation sites (tertiary alicyclic amines) is 1. The fourth-order valence-corrected chi connectivity index (χ4v) is 4.37. The molecule has 0 saturated carbocycles. The predicted octanol–water partition coefficient (Wildman–Crippen LogP) is 5.16. The van der Waals surface area contributed by atoms with E-state index >= 15 is 0 Å². The molecule has 1 unspecified atom stereocenters. The number of carbonyl (C=O) groups is 2. The Labute approximate surface area is 216 Å². The molecule has 2 aliphatic heterocycles. The summed E-state index contributed by atoms with van der Waals surface area (Å²) in [7, 11) is 0. The predicted molar refractivity (Wildman–Crippen MR) is 121 cm³/mol. The second kappa shape index (κ2) is 9.75. The smallest absolute Gasteiger partial charge is 0.374 e. The Hall–Kier alpha value is -3.35. The van der Waals surface area contributed by atoms with Crippen LogP contribution in [-0.4, -0.2) is 54.4 Å². The highest BCUT2D eigenvalue weighted by Crippen LogP contribution is 2.50. The second-order valence-corrected chi connectivity index (χ2v) is 9.40. The third-order valence-corrected chi connectivity index (χ3v) is 6.49. The summed E-state index contributed by atoms with van der Waals surface area (Å²) < 4.78 is 95.3. The lowest BCUT2D eigenvalue weighted by Crippen LogP contribution is -2.54. The molecule has 2 amide bonds. The average molecular weight is 566 g/mol. The van der Waals surface area contributed by atoms with Gasteiger partial charge in [-0.25, -0.2) is 4.39 Å². The Kier molecular flexibility index (Phi) is 7.10. The van der Waals surface area contributed by atoms with Crippen LogP contribution in [0.5, 0.6) is 0 Å². The van der Waals surface area contributed by atoms with Gasteiger partial charge in [0, 0.05) is 22.6 Å². The maximum absolute atomic E-state index is 14.2. The van der Waals surface area contributed by atoms with Crippen molar-refractivity contribution in [2.75, 3.05) is 19.6 Å². The molecule has 2 aromatic carbocycles. The number of oxime groups is 1. The van der Waals surface area contributed by atoms with E-state index in [4.69, 9.17) is 16.4 Å². The van der Waals surface area contributed by atoms with Crippen molar-refractivity contribution in [3.8, 4) is 0 Å². The van der Waals surface area contributed by atoms with E-state index in [-0.39, 0.29) is 36.5 Å². The Balaban J connectivity index is 1.54. The van der Waals surface area contributed by atoms with Crippen LogP contribution >= 0.6 is 11.6 Å². The van der Waals surface area contributed by atoms with Crippen LogP contribution < -0.4 is 5.32 Å². The van der Waals surface area contributed by atoms with E-state index in [1.165, 1.54) is 30.0 Å². The SMILES string of the molecule is Cc1cc(C2=NOC(c3cc(Cl)cc(C(F)(F)F)c3)(C(F)(F)F)C2)ccc1C(=O)NCC(=O)N1CC(F)C1. The highest BCUT2D eigenvalue weighted by Gasteiger charge is 2.62. The Morgan fingerprint density at radius 2 is 1.82 bits per heavy atom. The topological polar surface area (TPSA) is 71.0 Å². The van der Waals surface area contributed by atoms with Crippen molar-refractivity contribution in [2.24, 2.45) is 5.16 Å². The number of halogens is 8. The monoisotopic (exact) mass is 565 g/mol. The quantitative estimate of drug-likeness (QED) is 0.509. The standard InChI is InChI=1S/C24H19ClF7N3O3/c1-12-4-13(2-3-18(12)21(37)33-9-20(36)35-10-17(26)11-35)19-8-22(38-34-19,24(30,31)32)14-5-15(23(27,28)29)7-16(25)6-14/h2-7,17H,8-11H2,1H3,(H,33,37). The Morgan fingerprint density at radius 1 is 1.13 bits per heavy atom. The van der Waals surface area contributed by atoms with Crippen molar-refractivity contribution in [1.29, 1.82) is 0 Å². The van der Waals surface area contributed by atoms with Gasteiger partial charge in [-0.1, -0.05) is 22.8 Å². The Morgan fingerprint density at radius 3 is 2.39 bits per heavy atom. The molecule has 6 nitrogen and oxygen atoms in total. The van der Waals surface area contributed by atoms with Crippen molar-refractivity contribution in [3.05, 3.63) is 69.2 Å². The highest BCUT2D eigenvalue weighted by molar-refractivity contribution is 6.30. The third-order valence-electron chi connectivity index (χ3n) is 6.27. The zero-order valence-corrected chi connectivity index (χ0v) is 20.3. The number of nitrogens with zero attached hydrogens (tertiary/aromatic N) is 2. The van der Waals surface area contributed by atoms with E-state index in [1.54, 1.807) is 0 Å². The van der Waals surface area contributed by atoms with E-state index in [2.05, 4.69) is 10.5 Å². The summed E-state index contributed by atoms with van der Waals surface area (Å²) in [6.07, 6.45) is -12.1. The van der Waals surface area contributed by atoms with E-state index in [1.807, 2.05) is 0 Å². The van der Waals surface area contributed by atoms with Gasteiger partial charge >= 0.3 is 12.4 Å². The molecule has 2 aliphatic rings. The van der Waals surface area contributed by atoms with Gasteiger partial charge in [0.15, 0.2) is 0 Å². The van der Waals surface area contributed by atoms with Crippen molar-refractivity contribution >= 4 is 29.1 Å². The van der Waals surface area contributed by atoms with Crippen LogP contribution in [0.4, 0.5) is 30.7 Å². The molecule has 2 aromatic rings. The zero-order valence-electron chi connectivity index (χ0n) is 19.5. The minimum absolute atomic E-state index is 0.0429. The number of hydrogen-bond acceptors (Lipinski definition) is 4. The van der Waals surface area contributed by atoms with E-state index in [0.29, 0.717) is 17.7 Å². The first-order valence-corrected chi connectivity index (χ1v) is 11.5. The first-order chi connectivity index (χ1) is 17.6. The number of amides is 2. The van der Waals surface area contributed by atoms with Gasteiger partial charge in [0.1, 0.15) is 6.17 Å². The van der Waals surface area contributed by atoms with Gasteiger partial charge in [-0.3, -0.25) is 9.59 Å². The first-order valence-electron chi connectivity index (χ1n) is 11.1. The number of aryl methyl sites for hydroxylation is 1. The molecule has 0 aliphatic carbocycles. The minimum atomic E-state index is -5.16. The van der Waals surface area contributed by atoms with E-state index in [9.17, 15) is 40.3 Å². The van der Waals surface area contributed by atoms with Gasteiger partial charge in [0.05, 0.1) is 30.9 Å². The number of benzene rings is 2. The molecule has 14 heteroatoms. The fraction of sp³-hybridized carbons (Fsp3) is 0.375. The molecule has 0 bridgehead atoms. The maximum atomic E-state index is 14.2. The number of nitrogens with one attached hydrogen (secondary N) is 1. The largest absolute Gasteiger partial charge is 0.435 e. The summed E-state index contributed by atoms with van der Waals surface area (Å²) in [5, 5.41) is 5.38. The van der Waals surface area contributed by atoms with Crippen LogP contribution in [0.3, 0.4) is 0 Å². The van der Waals surface area contributed by atoms with Crippen LogP contribution in [0.15, 0.2) is 41.6 Å². The fourth-order valence-electron chi connectivity index (χ4n) is 4.13. The third kappa shape index (κ3) is 5.29. The highest BCUT2D eigenvalue weighted by atomic mass is 35.5. The molecule has 2 heterocycles. The summed E-state index contributed by atoms with van der Waals surface area (Å²) in [6, 6.07) is 5.56. The molecule has 0 radical (unpaired) electrons. The molecule has 4 rings (SSSR count). The molecule has 1 atom stereocenters. The normalized spacial score (nSPS) is 20.0. The van der Waals surface area contributed by atoms with Crippen LogP contribution in [-0.2, 0) is 21.4 Å². The molecular weight excluding hydrogens is 547 g/mol. The van der Waals surface area contributed by atoms with Gasteiger partial charge in [0.2, 0.25) is 5.91 Å². The Bertz CT molecular complexity index is 1310. The van der Waals surface area contributed by atoms with Gasteiger partial charge in [-0.2, -0.15) is 26.3 Å². The zero-order chi connectivity index (χ0) is 28.0. The second-order valence-electron chi connectivity index (χ2n) is 8.97. The number of alkyl halides is 7. The molecule has 1 N–H and O–H groups in total. The summed E-state index contributed by atoms with van der Waals surface area (Å²) in [5.41, 5.74) is -5.05. The lowest BCUT2D eigenvalue weighted by atomic mass is 9.85. The van der Waals surface area contributed by atoms with Crippen molar-refractivity contribution in [2.45, 2.75) is 37.5 Å². The molecule has 0 aromatic heterocycles. The van der Waals surface area contributed by atoms with Crippen molar-refractivity contribution in [1.82, 2.24) is 10.2 Å². The van der Waals surface area contributed by atoms with Gasteiger partial charge in [0.25, 0.3) is 11.5 Å². The summed E-state index contributed by atoms with van der Waals surface area (Å²) in [6.45, 7) is 1.06. The number of hydrogen-bond donors (Lipinski definition) is 1. The first kappa shape index (κ1) is 27.7. The van der Waals surface area contributed by atoms with Crippen LogP contribution in [0.1, 0.15) is 39.0 Å². The molecule has 1 saturated heterocycles. The van der Waals surface area contributed by atoms with Gasteiger partial charge in [-0.05, 0) is 48.4 Å². The number of carbonyl (C=O) groups excluding carboxylic acids is 2. The minimum Gasteiger partial charge on any atom is -0.374 e. The summed E-state index contributed by atoms with van der Waals surface area (Å²) in [5.74, 6) is -1.09. The van der Waals surface area contributed by atoms with Gasteiger partial charge in [-0.15, -0.1) is 0 Å². The van der Waals surface area contributed by atoms with Crippen molar-refractivity contribution in [3.63, 3.8) is 0 Å². The van der Waals surface area contributed by atoms with Crippen LogP contribution in [0.25, 0.3) is 0 Å². The summed E-state index contributed by atoms with van der Waals surface area (Å²) >= 11 is 5.71. The molecule has 0 spiro atoms.